The largest absolute Gasteiger partial charge is 0.354 e. The number of carbonyl (C=O) groups is 1. The summed E-state index contributed by atoms with van der Waals surface area (Å²) in [4.78, 5) is 17.0. The highest BCUT2D eigenvalue weighted by Gasteiger charge is 2.18. The van der Waals surface area contributed by atoms with E-state index < -0.39 is 0 Å². The van der Waals surface area contributed by atoms with Crippen molar-refractivity contribution < 1.29 is 4.79 Å². The summed E-state index contributed by atoms with van der Waals surface area (Å²) in [7, 11) is 0. The normalized spacial score (nSPS) is 12.3. The third-order valence-corrected chi connectivity index (χ3v) is 5.20. The maximum Gasteiger partial charge on any atom is 0.220 e. The fraction of sp³-hybridized carbons (Fsp3) is 0.409. The molecule has 2 heterocycles. The molecule has 142 valence electrons. The van der Waals surface area contributed by atoms with Gasteiger partial charge < -0.3 is 5.32 Å². The van der Waals surface area contributed by atoms with E-state index in [-0.39, 0.29) is 11.9 Å². The van der Waals surface area contributed by atoms with Crippen molar-refractivity contribution in [2.45, 2.75) is 59.9 Å². The molecule has 0 aliphatic rings. The van der Waals surface area contributed by atoms with Gasteiger partial charge in [0.15, 0.2) is 5.65 Å². The summed E-state index contributed by atoms with van der Waals surface area (Å²) >= 11 is 0. The highest BCUT2D eigenvalue weighted by atomic mass is 16.1. The van der Waals surface area contributed by atoms with Gasteiger partial charge in [0.2, 0.25) is 5.91 Å². The third kappa shape index (κ3) is 3.87. The SMILES string of the molecule is CC[C@@H](C)NC(=O)CCc1c(C)nc2c(c(C)nn2-c2ccccc2)c1C. The quantitative estimate of drug-likeness (QED) is 0.713. The lowest BCUT2D eigenvalue weighted by molar-refractivity contribution is -0.121. The summed E-state index contributed by atoms with van der Waals surface area (Å²) in [6.07, 6.45) is 2.11. The van der Waals surface area contributed by atoms with Gasteiger partial charge in [0.25, 0.3) is 0 Å². The van der Waals surface area contributed by atoms with Gasteiger partial charge in [-0.25, -0.2) is 9.67 Å². The van der Waals surface area contributed by atoms with Crippen LogP contribution in [0, 0.1) is 20.8 Å². The Balaban J connectivity index is 1.95. The van der Waals surface area contributed by atoms with E-state index in [2.05, 4.69) is 19.2 Å². The number of benzene rings is 1. The van der Waals surface area contributed by atoms with Gasteiger partial charge in [-0.3, -0.25) is 4.79 Å². The van der Waals surface area contributed by atoms with Crippen LogP contribution in [0.1, 0.15) is 49.2 Å². The van der Waals surface area contributed by atoms with Gasteiger partial charge in [0, 0.05) is 23.5 Å². The Bertz CT molecular complexity index is 960. The zero-order valence-electron chi connectivity index (χ0n) is 16.8. The van der Waals surface area contributed by atoms with Gasteiger partial charge in [-0.2, -0.15) is 5.10 Å². The molecule has 0 unspecified atom stereocenters. The molecule has 0 saturated carbocycles. The van der Waals surface area contributed by atoms with Crippen LogP contribution in [0.25, 0.3) is 16.7 Å². The van der Waals surface area contributed by atoms with Crippen LogP contribution in [0.2, 0.25) is 0 Å². The number of rotatable bonds is 6. The van der Waals surface area contributed by atoms with E-state index in [1.807, 2.05) is 55.8 Å². The van der Waals surface area contributed by atoms with Crippen molar-refractivity contribution in [3.8, 4) is 5.69 Å². The molecular weight excluding hydrogens is 336 g/mol. The summed E-state index contributed by atoms with van der Waals surface area (Å²) in [5, 5.41) is 8.85. The molecular formula is C22H28N4O. The molecule has 1 N–H and O–H groups in total. The molecule has 1 aromatic carbocycles. The fourth-order valence-corrected chi connectivity index (χ4v) is 3.51. The van der Waals surface area contributed by atoms with E-state index >= 15 is 0 Å². The molecule has 0 aliphatic carbocycles. The summed E-state index contributed by atoms with van der Waals surface area (Å²) in [5.41, 5.74) is 6.13. The van der Waals surface area contributed by atoms with Crippen LogP contribution < -0.4 is 5.32 Å². The van der Waals surface area contributed by atoms with E-state index in [1.54, 1.807) is 0 Å². The Morgan fingerprint density at radius 2 is 1.85 bits per heavy atom. The molecule has 0 radical (unpaired) electrons. The van der Waals surface area contributed by atoms with E-state index in [0.29, 0.717) is 12.8 Å². The second kappa shape index (κ2) is 7.91. The molecule has 0 bridgehead atoms. The average molecular weight is 364 g/mol. The highest BCUT2D eigenvalue weighted by Crippen LogP contribution is 2.28. The van der Waals surface area contributed by atoms with Crippen LogP contribution >= 0.6 is 0 Å². The van der Waals surface area contributed by atoms with Gasteiger partial charge in [-0.1, -0.05) is 25.1 Å². The number of hydrogen-bond donors (Lipinski definition) is 1. The lowest BCUT2D eigenvalue weighted by Crippen LogP contribution is -2.32. The molecule has 5 heteroatoms. The standard InChI is InChI=1S/C22H28N4O/c1-6-14(2)23-20(27)13-12-19-15(3)21-17(5)25-26(22(21)24-16(19)4)18-10-8-7-9-11-18/h7-11,14H,6,12-13H2,1-5H3,(H,23,27)/t14-/m1/s1. The lowest BCUT2D eigenvalue weighted by Gasteiger charge is -2.14. The predicted molar refractivity (Wildman–Crippen MR) is 109 cm³/mol. The van der Waals surface area contributed by atoms with Crippen LogP contribution in [-0.2, 0) is 11.2 Å². The summed E-state index contributed by atoms with van der Waals surface area (Å²) in [5.74, 6) is 0.0972. The Hall–Kier alpha value is -2.69. The molecule has 1 amide bonds. The first-order valence-electron chi connectivity index (χ1n) is 9.62. The van der Waals surface area contributed by atoms with Crippen molar-refractivity contribution in [2.24, 2.45) is 0 Å². The molecule has 3 rings (SSSR count). The minimum absolute atomic E-state index is 0.0972. The van der Waals surface area contributed by atoms with Crippen LogP contribution in [-0.4, -0.2) is 26.7 Å². The third-order valence-electron chi connectivity index (χ3n) is 5.20. The number of para-hydroxylation sites is 1. The molecule has 0 saturated heterocycles. The Kier molecular flexibility index (Phi) is 5.59. The maximum absolute atomic E-state index is 12.2. The molecule has 0 fully saturated rings. The number of fused-ring (bicyclic) bond motifs is 1. The predicted octanol–water partition coefficient (Wildman–Crippen LogP) is 4.19. The van der Waals surface area contributed by atoms with E-state index in [9.17, 15) is 4.79 Å². The number of aryl methyl sites for hydroxylation is 3. The van der Waals surface area contributed by atoms with E-state index in [0.717, 1.165) is 40.1 Å². The second-order valence-corrected chi connectivity index (χ2v) is 7.21. The van der Waals surface area contributed by atoms with Crippen LogP contribution in [0.4, 0.5) is 0 Å². The zero-order valence-corrected chi connectivity index (χ0v) is 16.8. The second-order valence-electron chi connectivity index (χ2n) is 7.21. The fourth-order valence-electron chi connectivity index (χ4n) is 3.51. The van der Waals surface area contributed by atoms with Gasteiger partial charge in [-0.15, -0.1) is 0 Å². The van der Waals surface area contributed by atoms with Gasteiger partial charge in [0.1, 0.15) is 0 Å². The lowest BCUT2D eigenvalue weighted by atomic mass is 9.99. The van der Waals surface area contributed by atoms with Crippen molar-refractivity contribution in [3.63, 3.8) is 0 Å². The van der Waals surface area contributed by atoms with Crippen molar-refractivity contribution in [3.05, 3.63) is 52.8 Å². The van der Waals surface area contributed by atoms with Crippen molar-refractivity contribution >= 4 is 16.9 Å². The molecule has 1 atom stereocenters. The van der Waals surface area contributed by atoms with Crippen molar-refractivity contribution in [1.29, 1.82) is 0 Å². The Morgan fingerprint density at radius 1 is 1.15 bits per heavy atom. The molecule has 3 aromatic rings. The molecule has 27 heavy (non-hydrogen) atoms. The molecule has 0 aliphatic heterocycles. The molecule has 0 spiro atoms. The maximum atomic E-state index is 12.2. The summed E-state index contributed by atoms with van der Waals surface area (Å²) < 4.78 is 1.91. The van der Waals surface area contributed by atoms with Gasteiger partial charge >= 0.3 is 0 Å². The Labute approximate surface area is 160 Å². The monoisotopic (exact) mass is 364 g/mol. The van der Waals surface area contributed by atoms with E-state index in [4.69, 9.17) is 10.1 Å². The first-order chi connectivity index (χ1) is 12.9. The average Bonchev–Trinajstić information content (AvgIpc) is 2.98. The molecule has 2 aromatic heterocycles. The van der Waals surface area contributed by atoms with Gasteiger partial charge in [0.05, 0.1) is 11.4 Å². The number of hydrogen-bond acceptors (Lipinski definition) is 3. The summed E-state index contributed by atoms with van der Waals surface area (Å²) in [6, 6.07) is 10.3. The summed E-state index contributed by atoms with van der Waals surface area (Å²) in [6.45, 7) is 10.3. The number of pyridine rings is 1. The number of nitrogens with zero attached hydrogens (tertiary/aromatic N) is 3. The topological polar surface area (TPSA) is 59.8 Å². The zero-order chi connectivity index (χ0) is 19.6. The number of aromatic nitrogens is 3. The first kappa shape index (κ1) is 19.1. The molecule has 5 nitrogen and oxygen atoms in total. The van der Waals surface area contributed by atoms with E-state index in [1.165, 1.54) is 5.56 Å². The number of nitrogens with one attached hydrogen (secondary N) is 1. The van der Waals surface area contributed by atoms with Crippen LogP contribution in [0.5, 0.6) is 0 Å². The van der Waals surface area contributed by atoms with Crippen LogP contribution in [0.15, 0.2) is 30.3 Å². The Morgan fingerprint density at radius 3 is 2.52 bits per heavy atom. The number of carbonyl (C=O) groups excluding carboxylic acids is 1. The first-order valence-corrected chi connectivity index (χ1v) is 9.62. The minimum Gasteiger partial charge on any atom is -0.354 e. The number of amides is 1. The van der Waals surface area contributed by atoms with Crippen molar-refractivity contribution in [1.82, 2.24) is 20.1 Å². The minimum atomic E-state index is 0.0972. The van der Waals surface area contributed by atoms with Gasteiger partial charge in [-0.05, 0) is 63.8 Å². The highest BCUT2D eigenvalue weighted by molar-refractivity contribution is 5.85. The van der Waals surface area contributed by atoms with Crippen molar-refractivity contribution in [2.75, 3.05) is 0 Å². The smallest absolute Gasteiger partial charge is 0.220 e. The van der Waals surface area contributed by atoms with Crippen LogP contribution in [0.3, 0.4) is 0 Å².